The molecule has 0 spiro atoms. The summed E-state index contributed by atoms with van der Waals surface area (Å²) in [5, 5.41) is 3.78. The third kappa shape index (κ3) is 2.51. The van der Waals surface area contributed by atoms with E-state index in [1.54, 1.807) is 18.7 Å². The number of aromatic amines is 1. The van der Waals surface area contributed by atoms with Crippen molar-refractivity contribution in [2.75, 3.05) is 6.54 Å². The maximum atomic E-state index is 12.2. The summed E-state index contributed by atoms with van der Waals surface area (Å²) in [4.78, 5) is 23.4. The summed E-state index contributed by atoms with van der Waals surface area (Å²) < 4.78 is 0. The van der Waals surface area contributed by atoms with Gasteiger partial charge in [-0.25, -0.2) is 4.98 Å². The SMILES string of the molecule is O=C(NCCc1cnc[nH]1)c1cccc2ncccc12. The van der Waals surface area contributed by atoms with E-state index in [4.69, 9.17) is 0 Å². The third-order valence-corrected chi connectivity index (χ3v) is 3.13. The van der Waals surface area contributed by atoms with Gasteiger partial charge in [-0.2, -0.15) is 0 Å². The van der Waals surface area contributed by atoms with Crippen LogP contribution in [0.1, 0.15) is 16.1 Å². The first-order valence-electron chi connectivity index (χ1n) is 6.44. The van der Waals surface area contributed by atoms with E-state index in [0.717, 1.165) is 23.0 Å². The van der Waals surface area contributed by atoms with Gasteiger partial charge in [-0.1, -0.05) is 12.1 Å². The van der Waals surface area contributed by atoms with Crippen LogP contribution in [0, 0.1) is 0 Å². The predicted octanol–water partition coefficient (Wildman–Crippen LogP) is 1.93. The van der Waals surface area contributed by atoms with Gasteiger partial charge >= 0.3 is 0 Å². The van der Waals surface area contributed by atoms with Crippen molar-refractivity contribution in [1.29, 1.82) is 0 Å². The molecule has 2 aromatic heterocycles. The molecule has 0 saturated heterocycles. The van der Waals surface area contributed by atoms with Gasteiger partial charge < -0.3 is 10.3 Å². The molecule has 2 heterocycles. The zero-order valence-electron chi connectivity index (χ0n) is 10.8. The molecule has 1 aromatic carbocycles. The molecule has 0 aliphatic heterocycles. The average Bonchev–Trinajstić information content (AvgIpc) is 3.00. The van der Waals surface area contributed by atoms with E-state index < -0.39 is 0 Å². The lowest BCUT2D eigenvalue weighted by Crippen LogP contribution is -2.26. The lowest BCUT2D eigenvalue weighted by Gasteiger charge is -2.07. The molecule has 0 fully saturated rings. The number of benzene rings is 1. The molecule has 1 amide bonds. The molecule has 2 N–H and O–H groups in total. The highest BCUT2D eigenvalue weighted by Crippen LogP contribution is 2.16. The monoisotopic (exact) mass is 266 g/mol. The molecule has 0 aliphatic carbocycles. The average molecular weight is 266 g/mol. The molecule has 20 heavy (non-hydrogen) atoms. The molecule has 3 rings (SSSR count). The molecule has 0 aliphatic rings. The molecular formula is C15H14N4O. The van der Waals surface area contributed by atoms with Gasteiger partial charge in [-0.3, -0.25) is 9.78 Å². The Hall–Kier alpha value is -2.69. The number of aromatic nitrogens is 3. The molecule has 5 nitrogen and oxygen atoms in total. The van der Waals surface area contributed by atoms with Gasteiger partial charge in [0.15, 0.2) is 0 Å². The van der Waals surface area contributed by atoms with Crippen LogP contribution in [0.15, 0.2) is 49.1 Å². The summed E-state index contributed by atoms with van der Waals surface area (Å²) >= 11 is 0. The summed E-state index contributed by atoms with van der Waals surface area (Å²) in [6, 6.07) is 9.31. The Kier molecular flexibility index (Phi) is 3.41. The normalized spacial score (nSPS) is 10.6. The Bertz CT molecular complexity index is 716. The van der Waals surface area contributed by atoms with Crippen molar-refractivity contribution >= 4 is 16.8 Å². The smallest absolute Gasteiger partial charge is 0.251 e. The van der Waals surface area contributed by atoms with Gasteiger partial charge in [0, 0.05) is 42.0 Å². The van der Waals surface area contributed by atoms with Gasteiger partial charge in [0.1, 0.15) is 0 Å². The Morgan fingerprint density at radius 2 is 2.20 bits per heavy atom. The highest BCUT2D eigenvalue weighted by Gasteiger charge is 2.09. The molecule has 3 aromatic rings. The maximum Gasteiger partial charge on any atom is 0.251 e. The Labute approximate surface area is 116 Å². The Morgan fingerprint density at radius 1 is 1.25 bits per heavy atom. The molecule has 5 heteroatoms. The molecule has 0 atom stereocenters. The second-order valence-corrected chi connectivity index (χ2v) is 4.46. The number of amides is 1. The van der Waals surface area contributed by atoms with E-state index in [-0.39, 0.29) is 5.91 Å². The van der Waals surface area contributed by atoms with Crippen molar-refractivity contribution in [3.63, 3.8) is 0 Å². The van der Waals surface area contributed by atoms with Crippen LogP contribution in [0.25, 0.3) is 10.9 Å². The number of fused-ring (bicyclic) bond motifs is 1. The summed E-state index contributed by atoms with van der Waals surface area (Å²) in [7, 11) is 0. The van der Waals surface area contributed by atoms with E-state index in [2.05, 4.69) is 20.3 Å². The number of nitrogens with one attached hydrogen (secondary N) is 2. The summed E-state index contributed by atoms with van der Waals surface area (Å²) in [5.41, 5.74) is 2.49. The summed E-state index contributed by atoms with van der Waals surface area (Å²) in [6.07, 6.45) is 5.85. The fourth-order valence-electron chi connectivity index (χ4n) is 2.13. The van der Waals surface area contributed by atoms with Gasteiger partial charge in [0.2, 0.25) is 0 Å². The number of hydrogen-bond acceptors (Lipinski definition) is 3. The number of H-pyrrole nitrogens is 1. The van der Waals surface area contributed by atoms with Crippen molar-refractivity contribution in [3.8, 4) is 0 Å². The molecule has 100 valence electrons. The second-order valence-electron chi connectivity index (χ2n) is 4.46. The van der Waals surface area contributed by atoms with Crippen LogP contribution < -0.4 is 5.32 Å². The van der Waals surface area contributed by atoms with E-state index in [9.17, 15) is 4.79 Å². The van der Waals surface area contributed by atoms with Crippen LogP contribution in [-0.2, 0) is 6.42 Å². The summed E-state index contributed by atoms with van der Waals surface area (Å²) in [5.74, 6) is -0.0804. The number of carbonyl (C=O) groups is 1. The number of imidazole rings is 1. The molecule has 0 saturated carbocycles. The topological polar surface area (TPSA) is 70.7 Å². The minimum Gasteiger partial charge on any atom is -0.352 e. The number of nitrogens with zero attached hydrogens (tertiary/aromatic N) is 2. The van der Waals surface area contributed by atoms with Crippen LogP contribution in [0.2, 0.25) is 0 Å². The van der Waals surface area contributed by atoms with E-state index in [1.807, 2.05) is 30.3 Å². The first kappa shape index (κ1) is 12.3. The predicted molar refractivity (Wildman–Crippen MR) is 76.4 cm³/mol. The largest absolute Gasteiger partial charge is 0.352 e. The minimum atomic E-state index is -0.0804. The molecule has 0 radical (unpaired) electrons. The van der Waals surface area contributed by atoms with E-state index in [0.29, 0.717) is 12.1 Å². The maximum absolute atomic E-state index is 12.2. The second kappa shape index (κ2) is 5.52. The summed E-state index contributed by atoms with van der Waals surface area (Å²) in [6.45, 7) is 0.567. The van der Waals surface area contributed by atoms with Crippen molar-refractivity contribution in [2.24, 2.45) is 0 Å². The highest BCUT2D eigenvalue weighted by molar-refractivity contribution is 6.06. The van der Waals surface area contributed by atoms with Gasteiger partial charge in [-0.15, -0.1) is 0 Å². The molecular weight excluding hydrogens is 252 g/mol. The minimum absolute atomic E-state index is 0.0804. The zero-order chi connectivity index (χ0) is 13.8. The lowest BCUT2D eigenvalue weighted by atomic mass is 10.1. The number of rotatable bonds is 4. The standard InChI is InChI=1S/C15H14N4O/c20-15(18-8-6-11-9-16-10-19-11)13-3-1-5-14-12(13)4-2-7-17-14/h1-5,7,9-10H,6,8H2,(H,16,19)(H,18,20). The quantitative estimate of drug-likeness (QED) is 0.758. The van der Waals surface area contributed by atoms with Crippen LogP contribution in [0.3, 0.4) is 0 Å². The number of pyridine rings is 1. The zero-order valence-corrected chi connectivity index (χ0v) is 10.8. The van der Waals surface area contributed by atoms with Gasteiger partial charge in [0.05, 0.1) is 11.8 Å². The van der Waals surface area contributed by atoms with Gasteiger partial charge in [-0.05, 0) is 18.2 Å². The Morgan fingerprint density at radius 3 is 3.05 bits per heavy atom. The fourth-order valence-corrected chi connectivity index (χ4v) is 2.13. The number of hydrogen-bond donors (Lipinski definition) is 2. The fraction of sp³-hybridized carbons (Fsp3) is 0.133. The first-order chi connectivity index (χ1) is 9.84. The van der Waals surface area contributed by atoms with Crippen LogP contribution in [0.5, 0.6) is 0 Å². The first-order valence-corrected chi connectivity index (χ1v) is 6.44. The van der Waals surface area contributed by atoms with Crippen LogP contribution in [-0.4, -0.2) is 27.4 Å². The van der Waals surface area contributed by atoms with E-state index in [1.165, 1.54) is 0 Å². The Balaban J connectivity index is 1.72. The highest BCUT2D eigenvalue weighted by atomic mass is 16.1. The van der Waals surface area contributed by atoms with Crippen LogP contribution in [0.4, 0.5) is 0 Å². The van der Waals surface area contributed by atoms with E-state index >= 15 is 0 Å². The molecule has 0 bridgehead atoms. The van der Waals surface area contributed by atoms with Crippen LogP contribution >= 0.6 is 0 Å². The van der Waals surface area contributed by atoms with Crippen molar-refractivity contribution < 1.29 is 4.79 Å². The van der Waals surface area contributed by atoms with Crippen molar-refractivity contribution in [1.82, 2.24) is 20.3 Å². The van der Waals surface area contributed by atoms with Crippen molar-refractivity contribution in [2.45, 2.75) is 6.42 Å². The number of carbonyl (C=O) groups excluding carboxylic acids is 1. The lowest BCUT2D eigenvalue weighted by molar-refractivity contribution is 0.0955. The third-order valence-electron chi connectivity index (χ3n) is 3.13. The van der Waals surface area contributed by atoms with Gasteiger partial charge in [0.25, 0.3) is 5.91 Å². The van der Waals surface area contributed by atoms with Crippen molar-refractivity contribution in [3.05, 3.63) is 60.3 Å². The molecule has 0 unspecified atom stereocenters.